The Morgan fingerprint density at radius 3 is 2.35 bits per heavy atom. The van der Waals surface area contributed by atoms with Crippen molar-refractivity contribution in [2.75, 3.05) is 24.6 Å². The highest BCUT2D eigenvalue weighted by Gasteiger charge is 2.24. The summed E-state index contributed by atoms with van der Waals surface area (Å²) in [7, 11) is 0. The zero-order valence-corrected chi connectivity index (χ0v) is 15.7. The van der Waals surface area contributed by atoms with Crippen LogP contribution in [-0.4, -0.2) is 30.8 Å². The third-order valence-electron chi connectivity index (χ3n) is 4.97. The SMILES string of the molecule is CC(C)(C)c1ccc(N2CCC(COc3ccc(C(=O)O)cc3)C2)cc1. The van der Waals surface area contributed by atoms with Gasteiger partial charge in [0.15, 0.2) is 0 Å². The lowest BCUT2D eigenvalue weighted by Gasteiger charge is -2.22. The molecule has 1 fully saturated rings. The van der Waals surface area contributed by atoms with E-state index in [2.05, 4.69) is 49.9 Å². The van der Waals surface area contributed by atoms with Crippen molar-refractivity contribution >= 4 is 11.7 Å². The van der Waals surface area contributed by atoms with Crippen LogP contribution in [0, 0.1) is 5.92 Å². The number of carboxylic acids is 1. The first kappa shape index (κ1) is 18.3. The second-order valence-corrected chi connectivity index (χ2v) is 8.04. The molecular weight excluding hydrogens is 326 g/mol. The highest BCUT2D eigenvalue weighted by atomic mass is 16.5. The highest BCUT2D eigenvalue weighted by molar-refractivity contribution is 5.87. The first-order valence-corrected chi connectivity index (χ1v) is 9.14. The summed E-state index contributed by atoms with van der Waals surface area (Å²) in [5, 5.41) is 8.93. The molecule has 138 valence electrons. The molecule has 2 aromatic carbocycles. The van der Waals surface area contributed by atoms with Gasteiger partial charge in [-0.25, -0.2) is 4.79 Å². The maximum Gasteiger partial charge on any atom is 0.335 e. The van der Waals surface area contributed by atoms with E-state index in [1.54, 1.807) is 24.3 Å². The van der Waals surface area contributed by atoms with Gasteiger partial charge in [-0.3, -0.25) is 0 Å². The standard InChI is InChI=1S/C22H27NO3/c1-22(2,3)18-6-8-19(9-7-18)23-13-12-16(14-23)15-26-20-10-4-17(5-11-20)21(24)25/h4-11,16H,12-15H2,1-3H3,(H,24,25). The van der Waals surface area contributed by atoms with Gasteiger partial charge in [0.1, 0.15) is 5.75 Å². The molecule has 1 aliphatic rings. The molecule has 0 bridgehead atoms. The summed E-state index contributed by atoms with van der Waals surface area (Å²) in [6, 6.07) is 15.5. The van der Waals surface area contributed by atoms with Crippen LogP contribution in [0.4, 0.5) is 5.69 Å². The van der Waals surface area contributed by atoms with Crippen molar-refractivity contribution in [1.82, 2.24) is 0 Å². The number of benzene rings is 2. The fourth-order valence-electron chi connectivity index (χ4n) is 3.28. The summed E-state index contributed by atoms with van der Waals surface area (Å²) in [6.45, 7) is 9.38. The number of carbonyl (C=O) groups is 1. The Kier molecular flexibility index (Phi) is 5.21. The molecule has 1 aliphatic heterocycles. The van der Waals surface area contributed by atoms with Crippen molar-refractivity contribution in [3.05, 3.63) is 59.7 Å². The average molecular weight is 353 g/mol. The molecule has 0 radical (unpaired) electrons. The molecule has 0 spiro atoms. The van der Waals surface area contributed by atoms with Crippen LogP contribution >= 0.6 is 0 Å². The molecule has 0 saturated carbocycles. The minimum absolute atomic E-state index is 0.177. The summed E-state index contributed by atoms with van der Waals surface area (Å²) in [4.78, 5) is 13.3. The second kappa shape index (κ2) is 7.40. The number of ether oxygens (including phenoxy) is 1. The Balaban J connectivity index is 1.53. The second-order valence-electron chi connectivity index (χ2n) is 8.04. The van der Waals surface area contributed by atoms with E-state index in [-0.39, 0.29) is 11.0 Å². The first-order valence-electron chi connectivity index (χ1n) is 9.14. The zero-order chi connectivity index (χ0) is 18.7. The molecule has 3 rings (SSSR count). The number of hydrogen-bond donors (Lipinski definition) is 1. The molecule has 0 aliphatic carbocycles. The summed E-state index contributed by atoms with van der Waals surface area (Å²) in [5.74, 6) is 0.292. The summed E-state index contributed by atoms with van der Waals surface area (Å²) in [6.07, 6.45) is 1.11. The fourth-order valence-corrected chi connectivity index (χ4v) is 3.28. The van der Waals surface area contributed by atoms with Crippen LogP contribution in [-0.2, 0) is 5.41 Å². The largest absolute Gasteiger partial charge is 0.493 e. The third kappa shape index (κ3) is 4.37. The van der Waals surface area contributed by atoms with Crippen LogP contribution in [0.25, 0.3) is 0 Å². The smallest absolute Gasteiger partial charge is 0.335 e. The van der Waals surface area contributed by atoms with E-state index in [0.29, 0.717) is 12.5 Å². The van der Waals surface area contributed by atoms with Gasteiger partial charge >= 0.3 is 5.97 Å². The first-order chi connectivity index (χ1) is 12.3. The van der Waals surface area contributed by atoms with Crippen molar-refractivity contribution in [3.8, 4) is 5.75 Å². The number of aromatic carboxylic acids is 1. The van der Waals surface area contributed by atoms with Crippen LogP contribution in [0.5, 0.6) is 5.75 Å². The lowest BCUT2D eigenvalue weighted by molar-refractivity contribution is 0.0697. The van der Waals surface area contributed by atoms with Crippen LogP contribution in [0.3, 0.4) is 0 Å². The minimum Gasteiger partial charge on any atom is -0.493 e. The lowest BCUT2D eigenvalue weighted by atomic mass is 9.87. The maximum absolute atomic E-state index is 10.9. The molecule has 1 heterocycles. The maximum atomic E-state index is 10.9. The number of rotatable bonds is 5. The Morgan fingerprint density at radius 2 is 1.77 bits per heavy atom. The molecule has 2 aromatic rings. The fraction of sp³-hybridized carbons (Fsp3) is 0.409. The van der Waals surface area contributed by atoms with Crippen molar-refractivity contribution in [2.45, 2.75) is 32.6 Å². The molecule has 1 N–H and O–H groups in total. The van der Waals surface area contributed by atoms with Crippen LogP contribution < -0.4 is 9.64 Å². The van der Waals surface area contributed by atoms with E-state index in [9.17, 15) is 4.79 Å². The molecule has 1 unspecified atom stereocenters. The lowest BCUT2D eigenvalue weighted by Crippen LogP contribution is -2.22. The third-order valence-corrected chi connectivity index (χ3v) is 4.97. The molecule has 26 heavy (non-hydrogen) atoms. The van der Waals surface area contributed by atoms with E-state index >= 15 is 0 Å². The monoisotopic (exact) mass is 353 g/mol. The van der Waals surface area contributed by atoms with Gasteiger partial charge in [-0.15, -0.1) is 0 Å². The average Bonchev–Trinajstić information content (AvgIpc) is 3.09. The van der Waals surface area contributed by atoms with E-state index in [4.69, 9.17) is 9.84 Å². The predicted octanol–water partition coefficient (Wildman–Crippen LogP) is 4.59. The number of carboxylic acid groups (broad SMARTS) is 1. The van der Waals surface area contributed by atoms with E-state index < -0.39 is 5.97 Å². The summed E-state index contributed by atoms with van der Waals surface area (Å²) in [5.41, 5.74) is 3.08. The van der Waals surface area contributed by atoms with E-state index in [1.807, 2.05) is 0 Å². The molecule has 0 aromatic heterocycles. The van der Waals surface area contributed by atoms with Crippen LogP contribution in [0.2, 0.25) is 0 Å². The van der Waals surface area contributed by atoms with Crippen molar-refractivity contribution in [1.29, 1.82) is 0 Å². The van der Waals surface area contributed by atoms with Gasteiger partial charge in [0, 0.05) is 24.7 Å². The number of nitrogens with zero attached hydrogens (tertiary/aromatic N) is 1. The van der Waals surface area contributed by atoms with E-state index in [1.165, 1.54) is 11.3 Å². The predicted molar refractivity (Wildman–Crippen MR) is 104 cm³/mol. The topological polar surface area (TPSA) is 49.8 Å². The minimum atomic E-state index is -0.916. The van der Waals surface area contributed by atoms with E-state index in [0.717, 1.165) is 25.3 Å². The molecule has 4 nitrogen and oxygen atoms in total. The normalized spacial score (nSPS) is 17.3. The van der Waals surface area contributed by atoms with Gasteiger partial charge in [0.25, 0.3) is 0 Å². The summed E-state index contributed by atoms with van der Waals surface area (Å²) < 4.78 is 5.85. The molecule has 0 amide bonds. The van der Waals surface area contributed by atoms with Crippen LogP contribution in [0.1, 0.15) is 43.1 Å². The van der Waals surface area contributed by atoms with Crippen molar-refractivity contribution in [3.63, 3.8) is 0 Å². The summed E-state index contributed by atoms with van der Waals surface area (Å²) >= 11 is 0. The Morgan fingerprint density at radius 1 is 1.12 bits per heavy atom. The van der Waals surface area contributed by atoms with Crippen molar-refractivity contribution in [2.24, 2.45) is 5.92 Å². The van der Waals surface area contributed by atoms with Gasteiger partial charge in [0.05, 0.1) is 12.2 Å². The quantitative estimate of drug-likeness (QED) is 0.854. The Labute approximate surface area is 155 Å². The number of anilines is 1. The molecule has 1 atom stereocenters. The molecule has 1 saturated heterocycles. The van der Waals surface area contributed by atoms with Crippen LogP contribution in [0.15, 0.2) is 48.5 Å². The Bertz CT molecular complexity index is 744. The zero-order valence-electron chi connectivity index (χ0n) is 15.7. The van der Waals surface area contributed by atoms with Crippen molar-refractivity contribution < 1.29 is 14.6 Å². The van der Waals surface area contributed by atoms with Gasteiger partial charge in [-0.05, 0) is 53.8 Å². The number of hydrogen-bond acceptors (Lipinski definition) is 3. The van der Waals surface area contributed by atoms with Gasteiger partial charge < -0.3 is 14.7 Å². The van der Waals surface area contributed by atoms with Gasteiger partial charge in [-0.1, -0.05) is 32.9 Å². The van der Waals surface area contributed by atoms with Gasteiger partial charge in [0.2, 0.25) is 0 Å². The molecular formula is C22H27NO3. The highest BCUT2D eigenvalue weighted by Crippen LogP contribution is 2.28. The molecule has 4 heteroatoms. The van der Waals surface area contributed by atoms with Gasteiger partial charge in [-0.2, -0.15) is 0 Å². The Hall–Kier alpha value is -2.49.